The summed E-state index contributed by atoms with van der Waals surface area (Å²) in [4.78, 5) is 17.2. The summed E-state index contributed by atoms with van der Waals surface area (Å²) in [5, 5.41) is 10.9. The number of ether oxygens (including phenoxy) is 1. The number of nitrogens with zero attached hydrogens (tertiary/aromatic N) is 3. The van der Waals surface area contributed by atoms with Crippen LogP contribution < -0.4 is 4.90 Å². The Hall–Kier alpha value is -1.69. The molecule has 1 aromatic heterocycles. The molecular formula is C14H19N3O3. The van der Waals surface area contributed by atoms with E-state index < -0.39 is 0 Å². The predicted octanol–water partition coefficient (Wildman–Crippen LogP) is 2.30. The molecule has 0 N–H and O–H groups in total. The number of nitro groups is 1. The molecule has 2 fully saturated rings. The molecule has 1 aromatic rings. The van der Waals surface area contributed by atoms with E-state index in [1.807, 2.05) is 0 Å². The summed E-state index contributed by atoms with van der Waals surface area (Å²) in [6.07, 6.45) is 3.46. The second kappa shape index (κ2) is 5.36. The summed E-state index contributed by atoms with van der Waals surface area (Å²) in [5.41, 5.74) is 0.578. The Morgan fingerprint density at radius 1 is 1.45 bits per heavy atom. The third kappa shape index (κ3) is 2.75. The van der Waals surface area contributed by atoms with Gasteiger partial charge in [-0.2, -0.15) is 0 Å². The van der Waals surface area contributed by atoms with Crippen molar-refractivity contribution in [1.82, 2.24) is 4.98 Å². The van der Waals surface area contributed by atoms with E-state index in [2.05, 4.69) is 9.88 Å². The smallest absolute Gasteiger partial charge is 0.290 e. The Bertz CT molecular complexity index is 510. The maximum Gasteiger partial charge on any atom is 0.290 e. The SMILES string of the molecule is Cc1nc(N(C[C@@H]2CCOC2)C2CC2)ccc1[N+](=O)[O-]. The molecule has 2 heterocycles. The lowest BCUT2D eigenvalue weighted by molar-refractivity contribution is -0.385. The zero-order chi connectivity index (χ0) is 14.1. The van der Waals surface area contributed by atoms with E-state index in [-0.39, 0.29) is 10.6 Å². The Morgan fingerprint density at radius 3 is 2.80 bits per heavy atom. The molecule has 20 heavy (non-hydrogen) atoms. The van der Waals surface area contributed by atoms with Gasteiger partial charge in [-0.05, 0) is 32.3 Å². The van der Waals surface area contributed by atoms with E-state index in [0.29, 0.717) is 17.7 Å². The van der Waals surface area contributed by atoms with Gasteiger partial charge in [-0.3, -0.25) is 10.1 Å². The lowest BCUT2D eigenvalue weighted by Gasteiger charge is -2.26. The van der Waals surface area contributed by atoms with E-state index in [1.54, 1.807) is 19.1 Å². The van der Waals surface area contributed by atoms with Crippen LogP contribution in [0.2, 0.25) is 0 Å². The molecule has 0 bridgehead atoms. The molecule has 6 nitrogen and oxygen atoms in total. The van der Waals surface area contributed by atoms with Crippen molar-refractivity contribution in [3.05, 3.63) is 27.9 Å². The van der Waals surface area contributed by atoms with Crippen molar-refractivity contribution in [1.29, 1.82) is 0 Å². The normalized spacial score (nSPS) is 21.9. The summed E-state index contributed by atoms with van der Waals surface area (Å²) in [5.74, 6) is 1.41. The van der Waals surface area contributed by atoms with Crippen LogP contribution >= 0.6 is 0 Å². The molecule has 108 valence electrons. The van der Waals surface area contributed by atoms with Crippen molar-refractivity contribution in [2.45, 2.75) is 32.2 Å². The fraction of sp³-hybridized carbons (Fsp3) is 0.643. The number of hydrogen-bond acceptors (Lipinski definition) is 5. The van der Waals surface area contributed by atoms with Gasteiger partial charge in [0, 0.05) is 31.2 Å². The first kappa shape index (κ1) is 13.3. The van der Waals surface area contributed by atoms with Gasteiger partial charge in [0.05, 0.1) is 11.5 Å². The Morgan fingerprint density at radius 2 is 2.25 bits per heavy atom. The second-order valence-corrected chi connectivity index (χ2v) is 5.64. The summed E-state index contributed by atoms with van der Waals surface area (Å²) >= 11 is 0. The Labute approximate surface area is 117 Å². The van der Waals surface area contributed by atoms with E-state index in [4.69, 9.17) is 4.74 Å². The highest BCUT2D eigenvalue weighted by atomic mass is 16.6. The van der Waals surface area contributed by atoms with E-state index in [1.165, 1.54) is 12.8 Å². The van der Waals surface area contributed by atoms with Crippen LogP contribution in [-0.2, 0) is 4.74 Å². The summed E-state index contributed by atoms with van der Waals surface area (Å²) < 4.78 is 5.43. The number of hydrogen-bond donors (Lipinski definition) is 0. The van der Waals surface area contributed by atoms with Crippen LogP contribution in [0.5, 0.6) is 0 Å². The maximum atomic E-state index is 10.9. The van der Waals surface area contributed by atoms with Crippen LogP contribution in [0.15, 0.2) is 12.1 Å². The van der Waals surface area contributed by atoms with E-state index in [0.717, 1.165) is 32.0 Å². The highest BCUT2D eigenvalue weighted by molar-refractivity contribution is 5.48. The van der Waals surface area contributed by atoms with Crippen LogP contribution in [0.25, 0.3) is 0 Å². The third-order valence-corrected chi connectivity index (χ3v) is 4.00. The Balaban J connectivity index is 1.80. The van der Waals surface area contributed by atoms with Crippen molar-refractivity contribution in [3.8, 4) is 0 Å². The lowest BCUT2D eigenvalue weighted by Crippen LogP contribution is -2.32. The minimum absolute atomic E-state index is 0.0914. The van der Waals surface area contributed by atoms with Crippen LogP contribution in [0.3, 0.4) is 0 Å². The summed E-state index contributed by atoms with van der Waals surface area (Å²) in [6.45, 7) is 4.30. The van der Waals surface area contributed by atoms with Gasteiger partial charge in [0.2, 0.25) is 0 Å². The molecule has 0 aromatic carbocycles. The fourth-order valence-corrected chi connectivity index (χ4v) is 2.71. The van der Waals surface area contributed by atoms with Crippen molar-refractivity contribution in [3.63, 3.8) is 0 Å². The molecule has 1 aliphatic heterocycles. The average molecular weight is 277 g/mol. The molecule has 1 atom stereocenters. The molecule has 1 aliphatic carbocycles. The zero-order valence-corrected chi connectivity index (χ0v) is 11.6. The molecule has 6 heteroatoms. The molecule has 1 saturated heterocycles. The molecule has 3 rings (SSSR count). The second-order valence-electron chi connectivity index (χ2n) is 5.64. The number of aromatic nitrogens is 1. The van der Waals surface area contributed by atoms with Crippen molar-refractivity contribution in [2.24, 2.45) is 5.92 Å². The zero-order valence-electron chi connectivity index (χ0n) is 11.6. The van der Waals surface area contributed by atoms with Gasteiger partial charge in [0.15, 0.2) is 0 Å². The number of pyridine rings is 1. The van der Waals surface area contributed by atoms with Crippen LogP contribution in [-0.4, -0.2) is 35.7 Å². The monoisotopic (exact) mass is 277 g/mol. The van der Waals surface area contributed by atoms with Crippen molar-refractivity contribution >= 4 is 11.5 Å². The molecule has 2 aliphatic rings. The van der Waals surface area contributed by atoms with Gasteiger partial charge in [-0.15, -0.1) is 0 Å². The molecule has 0 amide bonds. The molecule has 0 radical (unpaired) electrons. The van der Waals surface area contributed by atoms with Crippen molar-refractivity contribution in [2.75, 3.05) is 24.7 Å². The maximum absolute atomic E-state index is 10.9. The van der Waals surface area contributed by atoms with E-state index in [9.17, 15) is 10.1 Å². The first-order valence-electron chi connectivity index (χ1n) is 7.11. The van der Waals surface area contributed by atoms with Gasteiger partial charge in [0.25, 0.3) is 5.69 Å². The number of aryl methyl sites for hydroxylation is 1. The lowest BCUT2D eigenvalue weighted by atomic mass is 10.1. The van der Waals surface area contributed by atoms with Gasteiger partial charge in [-0.1, -0.05) is 0 Å². The number of anilines is 1. The quantitative estimate of drug-likeness (QED) is 0.610. The van der Waals surface area contributed by atoms with E-state index >= 15 is 0 Å². The standard InChI is InChI=1S/C14H19N3O3/c1-10-13(17(18)19)4-5-14(15-10)16(12-2-3-12)8-11-6-7-20-9-11/h4-5,11-12H,2-3,6-9H2,1H3/t11-/m0/s1. The minimum atomic E-state index is -0.377. The summed E-state index contributed by atoms with van der Waals surface area (Å²) in [7, 11) is 0. The Kier molecular flexibility index (Phi) is 3.56. The van der Waals surface area contributed by atoms with Crippen LogP contribution in [0, 0.1) is 23.0 Å². The minimum Gasteiger partial charge on any atom is -0.381 e. The van der Waals surface area contributed by atoms with Gasteiger partial charge >= 0.3 is 0 Å². The average Bonchev–Trinajstić information content (AvgIpc) is 3.12. The molecule has 0 unspecified atom stereocenters. The van der Waals surface area contributed by atoms with Gasteiger partial charge in [-0.25, -0.2) is 4.98 Å². The largest absolute Gasteiger partial charge is 0.381 e. The van der Waals surface area contributed by atoms with Crippen LogP contribution in [0.1, 0.15) is 25.0 Å². The molecule has 1 saturated carbocycles. The fourth-order valence-electron chi connectivity index (χ4n) is 2.71. The van der Waals surface area contributed by atoms with Crippen LogP contribution in [0.4, 0.5) is 11.5 Å². The highest BCUT2D eigenvalue weighted by Crippen LogP contribution is 2.33. The third-order valence-electron chi connectivity index (χ3n) is 4.00. The highest BCUT2D eigenvalue weighted by Gasteiger charge is 2.33. The molecular weight excluding hydrogens is 258 g/mol. The first-order chi connectivity index (χ1) is 9.65. The molecule has 0 spiro atoms. The van der Waals surface area contributed by atoms with Gasteiger partial charge in [0.1, 0.15) is 11.5 Å². The topological polar surface area (TPSA) is 68.5 Å². The summed E-state index contributed by atoms with van der Waals surface area (Å²) in [6, 6.07) is 3.89. The first-order valence-corrected chi connectivity index (χ1v) is 7.11. The predicted molar refractivity (Wildman–Crippen MR) is 74.9 cm³/mol. The van der Waals surface area contributed by atoms with Gasteiger partial charge < -0.3 is 9.64 Å². The number of rotatable bonds is 5. The van der Waals surface area contributed by atoms with Crippen molar-refractivity contribution < 1.29 is 9.66 Å².